The van der Waals surface area contributed by atoms with E-state index < -0.39 is 26.3 Å². The van der Waals surface area contributed by atoms with E-state index in [1.54, 1.807) is 28.7 Å². The molecule has 4 aromatic rings. The number of nitrogens with zero attached hydrogens (tertiary/aromatic N) is 6. The van der Waals surface area contributed by atoms with Crippen LogP contribution in [-0.4, -0.2) is 60.2 Å². The van der Waals surface area contributed by atoms with Crippen LogP contribution < -0.4 is 5.32 Å². The molecule has 0 aromatic carbocycles. The Morgan fingerprint density at radius 2 is 2.00 bits per heavy atom. The van der Waals surface area contributed by atoms with Gasteiger partial charge in [0.05, 0.1) is 24.0 Å². The van der Waals surface area contributed by atoms with E-state index >= 15 is 0 Å². The highest BCUT2D eigenvalue weighted by Gasteiger charge is 2.27. The lowest BCUT2D eigenvalue weighted by molar-refractivity contribution is 0.0260. The van der Waals surface area contributed by atoms with Gasteiger partial charge in [-0.25, -0.2) is 19.0 Å². The van der Waals surface area contributed by atoms with Gasteiger partial charge in [0.25, 0.3) is 5.91 Å². The molecule has 0 saturated heterocycles. The molecule has 4 heterocycles. The number of carbonyl (C=O) groups excluding carboxylic acids is 1. The summed E-state index contributed by atoms with van der Waals surface area (Å²) in [6.07, 6.45) is 8.29. The van der Waals surface area contributed by atoms with E-state index in [4.69, 9.17) is 9.26 Å². The average molecular weight is 608 g/mol. The van der Waals surface area contributed by atoms with E-state index in [2.05, 4.69) is 30.0 Å². The Morgan fingerprint density at radius 1 is 1.20 bits per heavy atom. The Morgan fingerprint density at radius 3 is 2.76 bits per heavy atom. The molecule has 1 aliphatic rings. The first kappa shape index (κ1) is 29.3. The van der Waals surface area contributed by atoms with Crippen molar-refractivity contribution in [1.29, 1.82) is 0 Å². The first-order chi connectivity index (χ1) is 19.8. The molecule has 0 radical (unpaired) electrons. The van der Waals surface area contributed by atoms with Gasteiger partial charge in [-0.15, -0.1) is 11.3 Å². The van der Waals surface area contributed by atoms with E-state index in [0.29, 0.717) is 17.2 Å². The third kappa shape index (κ3) is 7.00. The van der Waals surface area contributed by atoms with Crippen LogP contribution in [-0.2, 0) is 20.5 Å². The summed E-state index contributed by atoms with van der Waals surface area (Å²) >= 11 is 1.23. The number of pyridine rings is 1. The first-order valence-corrected chi connectivity index (χ1v) is 14.8. The number of rotatable bonds is 11. The summed E-state index contributed by atoms with van der Waals surface area (Å²) < 4.78 is 47.4. The van der Waals surface area contributed by atoms with Gasteiger partial charge in [-0.2, -0.15) is 14.6 Å². The number of hydrogen-bond acceptors (Lipinski definition) is 10. The molecular formula is C25H28F2N7O5PS. The smallest absolute Gasteiger partial charge is 0.331 e. The number of hydrogen-bond donors (Lipinski definition) is 2. The first-order valence-electron chi connectivity index (χ1n) is 12.8. The molecule has 41 heavy (non-hydrogen) atoms. The Hall–Kier alpha value is -3.20. The van der Waals surface area contributed by atoms with Gasteiger partial charge >= 0.3 is 8.60 Å². The van der Waals surface area contributed by atoms with Gasteiger partial charge in [0.2, 0.25) is 5.95 Å². The van der Waals surface area contributed by atoms with Crippen LogP contribution in [0.15, 0.2) is 36.1 Å². The molecule has 4 aromatic heterocycles. The number of thiazole rings is 1. The molecule has 1 unspecified atom stereocenters. The summed E-state index contributed by atoms with van der Waals surface area (Å²) in [4.78, 5) is 30.8. The molecule has 0 aliphatic heterocycles. The van der Waals surface area contributed by atoms with Gasteiger partial charge in [-0.05, 0) is 44.7 Å². The molecule has 1 saturated carbocycles. The van der Waals surface area contributed by atoms with E-state index in [9.17, 15) is 18.5 Å². The maximum absolute atomic E-state index is 14.7. The van der Waals surface area contributed by atoms with Crippen molar-refractivity contribution in [3.63, 3.8) is 0 Å². The van der Waals surface area contributed by atoms with Crippen molar-refractivity contribution in [3.8, 4) is 22.0 Å². The van der Waals surface area contributed by atoms with E-state index in [-0.39, 0.29) is 41.6 Å². The molecule has 5 rings (SSSR count). The highest BCUT2D eigenvalue weighted by molar-refractivity contribution is 7.40. The molecule has 218 valence electrons. The van der Waals surface area contributed by atoms with Crippen LogP contribution in [0, 0.1) is 11.8 Å². The number of carbonyl (C=O) groups is 1. The molecule has 2 N–H and O–H groups in total. The van der Waals surface area contributed by atoms with Gasteiger partial charge in [0.1, 0.15) is 28.8 Å². The van der Waals surface area contributed by atoms with Crippen LogP contribution in [0.25, 0.3) is 22.0 Å². The fourth-order valence-corrected chi connectivity index (χ4v) is 5.64. The Labute approximate surface area is 239 Å². The van der Waals surface area contributed by atoms with E-state index in [0.717, 1.165) is 37.8 Å². The van der Waals surface area contributed by atoms with Crippen LogP contribution in [0.4, 0.5) is 14.5 Å². The Balaban J connectivity index is 1.35. The second-order valence-electron chi connectivity index (χ2n) is 9.16. The number of amides is 1. The van der Waals surface area contributed by atoms with Crippen molar-refractivity contribution in [2.45, 2.75) is 51.5 Å². The van der Waals surface area contributed by atoms with Gasteiger partial charge in [0.15, 0.2) is 5.82 Å². The minimum absolute atomic E-state index is 0.00497. The Bertz CT molecular complexity index is 1490. The fourth-order valence-electron chi connectivity index (χ4n) is 4.54. The number of halogens is 2. The summed E-state index contributed by atoms with van der Waals surface area (Å²) in [5.41, 5.74) is 0.682. The molecule has 1 fully saturated rings. The van der Waals surface area contributed by atoms with Crippen molar-refractivity contribution in [2.24, 2.45) is 0 Å². The van der Waals surface area contributed by atoms with Crippen molar-refractivity contribution in [2.75, 3.05) is 19.0 Å². The summed E-state index contributed by atoms with van der Waals surface area (Å²) in [7, 11) is -0.665. The molecule has 0 bridgehead atoms. The van der Waals surface area contributed by atoms with Crippen molar-refractivity contribution < 1.29 is 32.3 Å². The summed E-state index contributed by atoms with van der Waals surface area (Å²) in [5, 5.41) is 13.6. The molecular weight excluding hydrogens is 579 g/mol. The van der Waals surface area contributed by atoms with Crippen LogP contribution in [0.2, 0.25) is 0 Å². The number of anilines is 1. The molecule has 1 aliphatic carbocycles. The maximum Gasteiger partial charge on any atom is 0.331 e. The SMILES string of the molecule is CCOC1CCC(n2cc(NC(=O)c3csc(-c4cnn(COP(O)OC)c4)n3)c(-c3nc(F)ccc3F)n2)CC1. The molecule has 1 amide bonds. The van der Waals surface area contributed by atoms with Crippen LogP contribution >= 0.6 is 19.9 Å². The largest absolute Gasteiger partial charge is 0.379 e. The van der Waals surface area contributed by atoms with Crippen LogP contribution in [0.5, 0.6) is 0 Å². The summed E-state index contributed by atoms with van der Waals surface area (Å²) in [6.45, 7) is 2.58. The summed E-state index contributed by atoms with van der Waals surface area (Å²) in [5.74, 6) is -2.17. The second kappa shape index (κ2) is 13.2. The lowest BCUT2D eigenvalue weighted by Crippen LogP contribution is -2.24. The zero-order chi connectivity index (χ0) is 28.9. The molecule has 0 spiro atoms. The highest BCUT2D eigenvalue weighted by atomic mass is 32.1. The number of aromatic nitrogens is 6. The lowest BCUT2D eigenvalue weighted by Gasteiger charge is -2.28. The minimum Gasteiger partial charge on any atom is -0.379 e. The van der Waals surface area contributed by atoms with Gasteiger partial charge < -0.3 is 19.5 Å². The summed E-state index contributed by atoms with van der Waals surface area (Å²) in [6, 6.07) is 1.91. The van der Waals surface area contributed by atoms with E-state index in [1.807, 2.05) is 6.92 Å². The van der Waals surface area contributed by atoms with Crippen LogP contribution in [0.3, 0.4) is 0 Å². The maximum atomic E-state index is 14.7. The van der Waals surface area contributed by atoms with Crippen molar-refractivity contribution in [1.82, 2.24) is 29.5 Å². The monoisotopic (exact) mass is 607 g/mol. The molecule has 16 heteroatoms. The average Bonchev–Trinajstić information content (AvgIpc) is 3.74. The standard InChI is InChI=1S/C25H28F2N7O5PS/c1-3-38-17-6-4-16(5-7-17)34-12-19(23(32-34)22-18(26)8-9-21(27)31-22)29-24(35)20-13-41-25(30-20)15-10-28-33(11-15)14-39-40(36)37-2/h8-13,16-17,36H,3-7,14H2,1-2H3,(H,29,35). The second-order valence-corrected chi connectivity index (χ2v) is 11.1. The van der Waals surface area contributed by atoms with Crippen LogP contribution in [0.1, 0.15) is 49.1 Å². The van der Waals surface area contributed by atoms with E-state index in [1.165, 1.54) is 23.1 Å². The lowest BCUT2D eigenvalue weighted by atomic mass is 9.93. The minimum atomic E-state index is -1.99. The predicted octanol–water partition coefficient (Wildman–Crippen LogP) is 5.16. The topological polar surface area (TPSA) is 138 Å². The van der Waals surface area contributed by atoms with Gasteiger partial charge in [-0.3, -0.25) is 14.0 Å². The van der Waals surface area contributed by atoms with Crippen molar-refractivity contribution in [3.05, 3.63) is 53.6 Å². The number of nitrogens with one attached hydrogen (secondary N) is 1. The normalized spacial score (nSPS) is 18.0. The third-order valence-corrected chi connectivity index (χ3v) is 8.05. The van der Waals surface area contributed by atoms with Gasteiger partial charge in [-0.1, -0.05) is 0 Å². The fraction of sp³-hybridized carbons (Fsp3) is 0.400. The molecule has 12 nitrogen and oxygen atoms in total. The Kier molecular flexibility index (Phi) is 9.42. The quantitative estimate of drug-likeness (QED) is 0.175. The predicted molar refractivity (Wildman–Crippen MR) is 147 cm³/mol. The molecule has 1 atom stereocenters. The van der Waals surface area contributed by atoms with Crippen molar-refractivity contribution >= 4 is 31.5 Å². The third-order valence-electron chi connectivity index (χ3n) is 6.51. The van der Waals surface area contributed by atoms with Gasteiger partial charge in [0, 0.05) is 37.1 Å². The zero-order valence-electron chi connectivity index (χ0n) is 22.2. The highest BCUT2D eigenvalue weighted by Crippen LogP contribution is 2.35. The zero-order valence-corrected chi connectivity index (χ0v) is 23.9. The number of ether oxygens (including phenoxy) is 1.